The molecule has 4 heteroatoms. The van der Waals surface area contributed by atoms with E-state index < -0.39 is 0 Å². The van der Waals surface area contributed by atoms with Gasteiger partial charge in [0, 0.05) is 15.6 Å². The summed E-state index contributed by atoms with van der Waals surface area (Å²) in [6.45, 7) is 10.1. The number of amidine groups is 2. The molecular weight excluding hydrogens is 398 g/mol. The number of hydrogen-bond donors (Lipinski definition) is 0. The van der Waals surface area contributed by atoms with Gasteiger partial charge < -0.3 is 0 Å². The highest BCUT2D eigenvalue weighted by atomic mass is 79.9. The van der Waals surface area contributed by atoms with Crippen LogP contribution in [0.5, 0.6) is 0 Å². The third-order valence-corrected chi connectivity index (χ3v) is 4.42. The third kappa shape index (κ3) is 6.57. The lowest BCUT2D eigenvalue weighted by Gasteiger charge is -2.08. The van der Waals surface area contributed by atoms with Gasteiger partial charge in [0.15, 0.2) is 11.7 Å². The van der Waals surface area contributed by atoms with E-state index in [4.69, 9.17) is 9.98 Å². The van der Waals surface area contributed by atoms with Crippen molar-refractivity contribution in [1.29, 1.82) is 0 Å². The summed E-state index contributed by atoms with van der Waals surface area (Å²) < 4.78 is 1.01. The molecule has 2 rings (SSSR count). The lowest BCUT2D eigenvalue weighted by molar-refractivity contribution is 0.994. The van der Waals surface area contributed by atoms with E-state index in [-0.39, 0.29) is 0 Å². The number of allylic oxidation sites excluding steroid dienone is 5. The standard InChI is InChI=1S/C23H24BrN3/c1-4-6-12-19(5-2)22(25-3)27-23(20-13-15-21(24)16-14-20)26-17-18-10-8-7-9-11-18/h4-6,8,10-16H,2-3,7,9,17H2,1H3/b6-4-,19-12+,26-23?,27-22?. The van der Waals surface area contributed by atoms with Gasteiger partial charge in [-0.3, -0.25) is 4.99 Å². The molecule has 0 saturated heterocycles. The first-order chi connectivity index (χ1) is 13.2. The van der Waals surface area contributed by atoms with Crippen LogP contribution in [0.4, 0.5) is 0 Å². The Bertz CT molecular complexity index is 850. The Labute approximate surface area is 170 Å². The third-order valence-electron chi connectivity index (χ3n) is 3.89. The molecule has 0 radical (unpaired) electrons. The quantitative estimate of drug-likeness (QED) is 0.295. The Kier molecular flexibility index (Phi) is 8.59. The summed E-state index contributed by atoms with van der Waals surface area (Å²) >= 11 is 3.47. The number of hydrogen-bond acceptors (Lipinski definition) is 1. The van der Waals surface area contributed by atoms with Crippen molar-refractivity contribution in [3.63, 3.8) is 0 Å². The van der Waals surface area contributed by atoms with E-state index in [1.807, 2.05) is 49.4 Å². The molecule has 138 valence electrons. The topological polar surface area (TPSA) is 37.1 Å². The van der Waals surface area contributed by atoms with Crippen LogP contribution in [-0.4, -0.2) is 24.9 Å². The molecule has 1 aliphatic rings. The zero-order valence-electron chi connectivity index (χ0n) is 15.6. The average molecular weight is 422 g/mol. The summed E-state index contributed by atoms with van der Waals surface area (Å²) in [5.74, 6) is 1.12. The zero-order chi connectivity index (χ0) is 19.5. The normalized spacial score (nSPS) is 15.8. The number of aliphatic imine (C=N–C) groups is 3. The summed E-state index contributed by atoms with van der Waals surface area (Å²) in [4.78, 5) is 13.6. The molecule has 0 N–H and O–H groups in total. The van der Waals surface area contributed by atoms with Gasteiger partial charge in [-0.15, -0.1) is 0 Å². The largest absolute Gasteiger partial charge is 0.261 e. The molecule has 0 bridgehead atoms. The highest BCUT2D eigenvalue weighted by Gasteiger charge is 2.08. The Morgan fingerprint density at radius 3 is 2.59 bits per heavy atom. The minimum absolute atomic E-state index is 0.498. The van der Waals surface area contributed by atoms with E-state index in [0.29, 0.717) is 18.2 Å². The van der Waals surface area contributed by atoms with E-state index >= 15 is 0 Å². The van der Waals surface area contributed by atoms with Crippen molar-refractivity contribution in [3.8, 4) is 0 Å². The van der Waals surface area contributed by atoms with Gasteiger partial charge in [-0.2, -0.15) is 0 Å². The monoisotopic (exact) mass is 421 g/mol. The van der Waals surface area contributed by atoms with Crippen molar-refractivity contribution in [1.82, 2.24) is 0 Å². The zero-order valence-corrected chi connectivity index (χ0v) is 17.2. The second-order valence-electron chi connectivity index (χ2n) is 5.85. The molecular formula is C23H24BrN3. The fraction of sp³-hybridized carbons (Fsp3) is 0.174. The van der Waals surface area contributed by atoms with E-state index in [1.165, 1.54) is 5.57 Å². The van der Waals surface area contributed by atoms with Crippen molar-refractivity contribution in [2.24, 2.45) is 15.0 Å². The van der Waals surface area contributed by atoms with Crippen LogP contribution >= 0.6 is 15.9 Å². The molecule has 0 unspecified atom stereocenters. The molecule has 0 aromatic heterocycles. The highest BCUT2D eigenvalue weighted by Crippen LogP contribution is 2.15. The van der Waals surface area contributed by atoms with Crippen LogP contribution in [0.2, 0.25) is 0 Å². The van der Waals surface area contributed by atoms with E-state index in [2.05, 4.69) is 52.4 Å². The van der Waals surface area contributed by atoms with Gasteiger partial charge in [0.25, 0.3) is 0 Å². The predicted molar refractivity (Wildman–Crippen MR) is 122 cm³/mol. The van der Waals surface area contributed by atoms with Crippen molar-refractivity contribution < 1.29 is 0 Å². The molecule has 0 aliphatic heterocycles. The van der Waals surface area contributed by atoms with Gasteiger partial charge in [0.1, 0.15) is 0 Å². The molecule has 0 saturated carbocycles. The minimum Gasteiger partial charge on any atom is -0.261 e. The van der Waals surface area contributed by atoms with Crippen molar-refractivity contribution in [3.05, 3.63) is 94.6 Å². The molecule has 1 aliphatic carbocycles. The molecule has 27 heavy (non-hydrogen) atoms. The van der Waals surface area contributed by atoms with Gasteiger partial charge in [0.05, 0.1) is 6.54 Å². The van der Waals surface area contributed by atoms with Crippen LogP contribution < -0.4 is 0 Å². The summed E-state index contributed by atoms with van der Waals surface area (Å²) in [5.41, 5.74) is 2.92. The fourth-order valence-corrected chi connectivity index (χ4v) is 2.73. The number of nitrogens with zero attached hydrogens (tertiary/aromatic N) is 3. The summed E-state index contributed by atoms with van der Waals surface area (Å²) in [6, 6.07) is 7.93. The summed E-state index contributed by atoms with van der Waals surface area (Å²) in [6.07, 6.45) is 16.2. The number of halogens is 1. The predicted octanol–water partition coefficient (Wildman–Crippen LogP) is 6.26. The maximum atomic E-state index is 4.76. The molecule has 0 spiro atoms. The van der Waals surface area contributed by atoms with Gasteiger partial charge in [0.2, 0.25) is 0 Å². The van der Waals surface area contributed by atoms with Crippen molar-refractivity contribution in [2.75, 3.05) is 6.54 Å². The first kappa shape index (κ1) is 20.7. The molecule has 0 heterocycles. The molecule has 0 atom stereocenters. The van der Waals surface area contributed by atoms with Crippen LogP contribution in [0.25, 0.3) is 0 Å². The molecule has 1 aromatic carbocycles. The van der Waals surface area contributed by atoms with E-state index in [9.17, 15) is 0 Å². The maximum Gasteiger partial charge on any atom is 0.160 e. The SMILES string of the molecule is C=C/C(=C\C=C/C)C(N=C)=NC(=NCC1=CCCC=C1)c1ccc(Br)cc1. The van der Waals surface area contributed by atoms with Crippen molar-refractivity contribution >= 4 is 34.3 Å². The van der Waals surface area contributed by atoms with Crippen LogP contribution in [0.15, 0.2) is 104 Å². The molecule has 1 aromatic rings. The van der Waals surface area contributed by atoms with E-state index in [0.717, 1.165) is 28.5 Å². The Balaban J connectivity index is 2.45. The molecule has 0 amide bonds. The van der Waals surface area contributed by atoms with Gasteiger partial charge in [-0.05, 0) is 44.2 Å². The number of benzene rings is 1. The Morgan fingerprint density at radius 2 is 2.00 bits per heavy atom. The van der Waals surface area contributed by atoms with Crippen LogP contribution in [0, 0.1) is 0 Å². The van der Waals surface area contributed by atoms with Crippen LogP contribution in [0.3, 0.4) is 0 Å². The van der Waals surface area contributed by atoms with Gasteiger partial charge in [-0.1, -0.05) is 77.2 Å². The highest BCUT2D eigenvalue weighted by molar-refractivity contribution is 9.10. The maximum absolute atomic E-state index is 4.76. The van der Waals surface area contributed by atoms with Gasteiger partial charge in [-0.25, -0.2) is 9.98 Å². The number of rotatable bonds is 6. The van der Waals surface area contributed by atoms with Crippen LogP contribution in [-0.2, 0) is 0 Å². The lowest BCUT2D eigenvalue weighted by Crippen LogP contribution is -2.06. The first-order valence-corrected chi connectivity index (χ1v) is 9.64. The molecule has 0 fully saturated rings. The van der Waals surface area contributed by atoms with Crippen LogP contribution in [0.1, 0.15) is 25.3 Å². The summed E-state index contributed by atoms with van der Waals surface area (Å²) in [5, 5.41) is 0. The fourth-order valence-electron chi connectivity index (χ4n) is 2.47. The Morgan fingerprint density at radius 1 is 1.22 bits per heavy atom. The smallest absolute Gasteiger partial charge is 0.160 e. The second kappa shape index (κ2) is 11.2. The van der Waals surface area contributed by atoms with E-state index in [1.54, 1.807) is 6.08 Å². The lowest BCUT2D eigenvalue weighted by atomic mass is 10.1. The minimum atomic E-state index is 0.498. The summed E-state index contributed by atoms with van der Waals surface area (Å²) in [7, 11) is 0. The average Bonchev–Trinajstić information content (AvgIpc) is 2.71. The Hall–Kier alpha value is -2.59. The second-order valence-corrected chi connectivity index (χ2v) is 6.77. The first-order valence-electron chi connectivity index (χ1n) is 8.85. The molecule has 3 nitrogen and oxygen atoms in total. The van der Waals surface area contributed by atoms with Crippen molar-refractivity contribution in [2.45, 2.75) is 19.8 Å². The van der Waals surface area contributed by atoms with Gasteiger partial charge >= 0.3 is 0 Å².